The van der Waals surface area contributed by atoms with Crippen LogP contribution in [0.1, 0.15) is 32.6 Å². The first-order chi connectivity index (χ1) is 6.70. The van der Waals surface area contributed by atoms with E-state index in [1.807, 2.05) is 0 Å². The average molecular weight is 198 g/mol. The summed E-state index contributed by atoms with van der Waals surface area (Å²) >= 11 is 0. The van der Waals surface area contributed by atoms with E-state index in [1.165, 1.54) is 6.42 Å². The minimum Gasteiger partial charge on any atom is -0.462 e. The third-order valence-electron chi connectivity index (χ3n) is 2.30. The average Bonchev–Trinajstić information content (AvgIpc) is 2.07. The fourth-order valence-corrected chi connectivity index (χ4v) is 1.27. The summed E-state index contributed by atoms with van der Waals surface area (Å²) in [5, 5.41) is 0. The number of rotatable bonds is 6. The maximum absolute atomic E-state index is 11.0. The van der Waals surface area contributed by atoms with Crippen LogP contribution in [0, 0.1) is 0 Å². The van der Waals surface area contributed by atoms with Crippen LogP contribution in [0.25, 0.3) is 0 Å². The van der Waals surface area contributed by atoms with Gasteiger partial charge in [-0.2, -0.15) is 0 Å². The molecule has 1 rings (SSSR count). The Balaban J connectivity index is 1.88. The maximum Gasteiger partial charge on any atom is 0.333 e. The molecule has 0 aromatic carbocycles. The standard InChI is InChI=1S/C11H18O3/c1-9(2)11(12)14-7-4-3-5-10-6-8-13-10/h10H,1,3-8H2,2H3. The van der Waals surface area contributed by atoms with Crippen molar-refractivity contribution in [3.8, 4) is 0 Å². The van der Waals surface area contributed by atoms with E-state index in [-0.39, 0.29) is 5.97 Å². The molecule has 0 bridgehead atoms. The summed E-state index contributed by atoms with van der Waals surface area (Å²) in [5.74, 6) is -0.287. The topological polar surface area (TPSA) is 35.5 Å². The predicted molar refractivity (Wildman–Crippen MR) is 54.0 cm³/mol. The molecule has 0 spiro atoms. The van der Waals surface area contributed by atoms with Crippen LogP contribution in [0.5, 0.6) is 0 Å². The minimum absolute atomic E-state index is 0.287. The molecular weight excluding hydrogens is 180 g/mol. The van der Waals surface area contributed by atoms with E-state index < -0.39 is 0 Å². The van der Waals surface area contributed by atoms with Crippen LogP contribution in [0.4, 0.5) is 0 Å². The fraction of sp³-hybridized carbons (Fsp3) is 0.727. The number of unbranched alkanes of at least 4 members (excludes halogenated alkanes) is 1. The summed E-state index contributed by atoms with van der Waals surface area (Å²) < 4.78 is 10.2. The lowest BCUT2D eigenvalue weighted by molar-refractivity contribution is -0.139. The van der Waals surface area contributed by atoms with Crippen molar-refractivity contribution in [2.45, 2.75) is 38.7 Å². The van der Waals surface area contributed by atoms with Crippen molar-refractivity contribution in [1.82, 2.24) is 0 Å². The molecule has 1 heterocycles. The summed E-state index contributed by atoms with van der Waals surface area (Å²) in [5.41, 5.74) is 0.465. The normalized spacial score (nSPS) is 19.9. The highest BCUT2D eigenvalue weighted by Gasteiger charge is 2.16. The van der Waals surface area contributed by atoms with E-state index >= 15 is 0 Å². The summed E-state index contributed by atoms with van der Waals surface area (Å²) in [6.45, 7) is 6.58. The van der Waals surface area contributed by atoms with Gasteiger partial charge in [0.05, 0.1) is 12.7 Å². The van der Waals surface area contributed by atoms with Crippen LogP contribution < -0.4 is 0 Å². The molecule has 0 N–H and O–H groups in total. The van der Waals surface area contributed by atoms with E-state index in [9.17, 15) is 4.79 Å². The van der Waals surface area contributed by atoms with Crippen LogP contribution in [0.3, 0.4) is 0 Å². The highest BCUT2D eigenvalue weighted by molar-refractivity contribution is 5.86. The summed E-state index contributed by atoms with van der Waals surface area (Å²) in [7, 11) is 0. The predicted octanol–water partition coefficient (Wildman–Crippen LogP) is 2.06. The number of hydrogen-bond donors (Lipinski definition) is 0. The van der Waals surface area contributed by atoms with Crippen molar-refractivity contribution in [2.75, 3.05) is 13.2 Å². The molecule has 1 fully saturated rings. The molecule has 3 nitrogen and oxygen atoms in total. The van der Waals surface area contributed by atoms with Crippen LogP contribution in [-0.4, -0.2) is 25.3 Å². The van der Waals surface area contributed by atoms with Crippen LogP contribution in [-0.2, 0) is 14.3 Å². The van der Waals surface area contributed by atoms with E-state index in [2.05, 4.69) is 6.58 Å². The molecular formula is C11H18O3. The highest BCUT2D eigenvalue weighted by atomic mass is 16.5. The third-order valence-corrected chi connectivity index (χ3v) is 2.30. The van der Waals surface area contributed by atoms with E-state index in [4.69, 9.17) is 9.47 Å². The first kappa shape index (κ1) is 11.2. The number of carbonyl (C=O) groups is 1. The van der Waals surface area contributed by atoms with E-state index in [1.54, 1.807) is 6.92 Å². The largest absolute Gasteiger partial charge is 0.462 e. The molecule has 1 aliphatic heterocycles. The van der Waals surface area contributed by atoms with Crippen molar-refractivity contribution in [3.63, 3.8) is 0 Å². The number of hydrogen-bond acceptors (Lipinski definition) is 3. The minimum atomic E-state index is -0.287. The Morgan fingerprint density at radius 2 is 2.29 bits per heavy atom. The van der Waals surface area contributed by atoms with Crippen molar-refractivity contribution >= 4 is 5.97 Å². The molecule has 80 valence electrons. The smallest absolute Gasteiger partial charge is 0.333 e. The molecule has 0 aromatic heterocycles. The molecule has 1 atom stereocenters. The van der Waals surface area contributed by atoms with Gasteiger partial charge in [-0.1, -0.05) is 6.58 Å². The van der Waals surface area contributed by atoms with Gasteiger partial charge in [0.2, 0.25) is 0 Å². The zero-order valence-corrected chi connectivity index (χ0v) is 8.75. The van der Waals surface area contributed by atoms with Crippen LogP contribution in [0.15, 0.2) is 12.2 Å². The second kappa shape index (κ2) is 5.81. The molecule has 0 saturated carbocycles. The Morgan fingerprint density at radius 1 is 1.57 bits per heavy atom. The van der Waals surface area contributed by atoms with Crippen molar-refractivity contribution < 1.29 is 14.3 Å². The quantitative estimate of drug-likeness (QED) is 0.372. The van der Waals surface area contributed by atoms with Crippen molar-refractivity contribution in [3.05, 3.63) is 12.2 Å². The van der Waals surface area contributed by atoms with E-state index in [0.717, 1.165) is 25.9 Å². The zero-order valence-electron chi connectivity index (χ0n) is 8.75. The fourth-order valence-electron chi connectivity index (χ4n) is 1.27. The number of ether oxygens (including phenoxy) is 2. The Bertz CT molecular complexity index is 207. The van der Waals surface area contributed by atoms with Crippen molar-refractivity contribution in [1.29, 1.82) is 0 Å². The van der Waals surface area contributed by atoms with Gasteiger partial charge in [-0.05, 0) is 32.6 Å². The molecule has 14 heavy (non-hydrogen) atoms. The van der Waals surface area contributed by atoms with Gasteiger partial charge in [-0.15, -0.1) is 0 Å². The van der Waals surface area contributed by atoms with Gasteiger partial charge in [0.15, 0.2) is 0 Å². The SMILES string of the molecule is C=C(C)C(=O)OCCCCC1CCO1. The number of esters is 1. The Hall–Kier alpha value is -0.830. The third kappa shape index (κ3) is 3.92. The lowest BCUT2D eigenvalue weighted by Gasteiger charge is -2.26. The Labute approximate surface area is 85.1 Å². The zero-order chi connectivity index (χ0) is 10.4. The molecule has 0 aliphatic carbocycles. The molecule has 0 radical (unpaired) electrons. The van der Waals surface area contributed by atoms with Gasteiger partial charge in [0.25, 0.3) is 0 Å². The monoisotopic (exact) mass is 198 g/mol. The van der Waals surface area contributed by atoms with Crippen LogP contribution >= 0.6 is 0 Å². The Morgan fingerprint density at radius 3 is 2.79 bits per heavy atom. The first-order valence-corrected chi connectivity index (χ1v) is 5.14. The maximum atomic E-state index is 11.0. The molecule has 1 saturated heterocycles. The summed E-state index contributed by atoms with van der Waals surface area (Å²) in [6.07, 6.45) is 4.72. The van der Waals surface area contributed by atoms with Gasteiger partial charge in [-0.3, -0.25) is 0 Å². The Kier molecular flexibility index (Phi) is 4.66. The van der Waals surface area contributed by atoms with Crippen LogP contribution in [0.2, 0.25) is 0 Å². The first-order valence-electron chi connectivity index (χ1n) is 5.14. The van der Waals surface area contributed by atoms with Gasteiger partial charge in [0.1, 0.15) is 0 Å². The highest BCUT2D eigenvalue weighted by Crippen LogP contribution is 2.17. The molecule has 3 heteroatoms. The summed E-state index contributed by atoms with van der Waals surface area (Å²) in [6, 6.07) is 0. The molecule has 0 aromatic rings. The number of carbonyl (C=O) groups excluding carboxylic acids is 1. The van der Waals surface area contributed by atoms with Gasteiger partial charge < -0.3 is 9.47 Å². The lowest BCUT2D eigenvalue weighted by Crippen LogP contribution is -2.26. The summed E-state index contributed by atoms with van der Waals surface area (Å²) in [4.78, 5) is 11.0. The van der Waals surface area contributed by atoms with Crippen molar-refractivity contribution in [2.24, 2.45) is 0 Å². The second-order valence-corrected chi connectivity index (χ2v) is 3.69. The lowest BCUT2D eigenvalue weighted by atomic mass is 10.1. The molecule has 1 aliphatic rings. The van der Waals surface area contributed by atoms with Gasteiger partial charge in [0, 0.05) is 12.2 Å². The van der Waals surface area contributed by atoms with E-state index in [0.29, 0.717) is 18.3 Å². The van der Waals surface area contributed by atoms with Gasteiger partial charge in [-0.25, -0.2) is 4.79 Å². The molecule has 1 unspecified atom stereocenters. The molecule has 0 amide bonds. The second-order valence-electron chi connectivity index (χ2n) is 3.69. The van der Waals surface area contributed by atoms with Gasteiger partial charge >= 0.3 is 5.97 Å².